The lowest BCUT2D eigenvalue weighted by atomic mass is 10.7. The van der Waals surface area contributed by atoms with Crippen molar-refractivity contribution in [2.24, 2.45) is 0 Å². The van der Waals surface area contributed by atoms with Gasteiger partial charge in [-0.1, -0.05) is 11.1 Å². The molecule has 0 N–H and O–H groups in total. The zero-order chi connectivity index (χ0) is 7.28. The van der Waals surface area contributed by atoms with Gasteiger partial charge in [0, 0.05) is 14.2 Å². The van der Waals surface area contributed by atoms with Gasteiger partial charge >= 0.3 is 0 Å². The third-order valence-electron chi connectivity index (χ3n) is 0.798. The van der Waals surface area contributed by atoms with Gasteiger partial charge in [0.1, 0.15) is 0 Å². The van der Waals surface area contributed by atoms with Crippen LogP contribution in [0.4, 0.5) is 0 Å². The first-order valence-electron chi connectivity index (χ1n) is 2.32. The van der Waals surface area contributed by atoms with Gasteiger partial charge in [-0.15, -0.1) is 0 Å². The van der Waals surface area contributed by atoms with Crippen molar-refractivity contribution in [3.8, 4) is 0 Å². The molecule has 0 aliphatic rings. The van der Waals surface area contributed by atoms with Gasteiger partial charge in [0.15, 0.2) is 6.29 Å². The standard InChI is InChI=1S/C4H10O4S/c1-7-4(8-2)3-9(5)6/h4H,3H2,1-2H3,(H,5,6)/p-1. The lowest BCUT2D eigenvalue weighted by Crippen LogP contribution is -2.20. The Hall–Kier alpha value is 0.0300. The third kappa shape index (κ3) is 4.53. The zero-order valence-electron chi connectivity index (χ0n) is 5.33. The molecule has 0 saturated carbocycles. The first-order valence-corrected chi connectivity index (χ1v) is 3.56. The monoisotopic (exact) mass is 153 g/mol. The summed E-state index contributed by atoms with van der Waals surface area (Å²) < 4.78 is 29.1. The van der Waals surface area contributed by atoms with Crippen molar-refractivity contribution in [3.63, 3.8) is 0 Å². The number of rotatable bonds is 4. The summed E-state index contributed by atoms with van der Waals surface area (Å²) in [6, 6.07) is 0. The summed E-state index contributed by atoms with van der Waals surface area (Å²) in [4.78, 5) is 0. The van der Waals surface area contributed by atoms with Crippen LogP contribution in [0.2, 0.25) is 0 Å². The van der Waals surface area contributed by atoms with E-state index in [9.17, 15) is 8.76 Å². The van der Waals surface area contributed by atoms with Crippen LogP contribution in [0.25, 0.3) is 0 Å². The molecule has 0 aromatic heterocycles. The highest BCUT2D eigenvalue weighted by molar-refractivity contribution is 7.79. The van der Waals surface area contributed by atoms with E-state index in [1.54, 1.807) is 0 Å². The number of hydrogen-bond donors (Lipinski definition) is 0. The fourth-order valence-electron chi connectivity index (χ4n) is 0.343. The van der Waals surface area contributed by atoms with E-state index < -0.39 is 17.4 Å². The van der Waals surface area contributed by atoms with Crippen molar-refractivity contribution in [2.75, 3.05) is 20.0 Å². The third-order valence-corrected chi connectivity index (χ3v) is 1.34. The van der Waals surface area contributed by atoms with E-state index in [-0.39, 0.29) is 5.75 Å². The summed E-state index contributed by atoms with van der Waals surface area (Å²) in [7, 11) is 2.78. The first-order chi connectivity index (χ1) is 4.20. The molecule has 4 nitrogen and oxygen atoms in total. The Morgan fingerprint density at radius 2 is 2.00 bits per heavy atom. The highest BCUT2D eigenvalue weighted by Gasteiger charge is 2.02. The van der Waals surface area contributed by atoms with Crippen LogP contribution in [-0.4, -0.2) is 35.0 Å². The van der Waals surface area contributed by atoms with E-state index in [0.29, 0.717) is 0 Å². The van der Waals surface area contributed by atoms with E-state index >= 15 is 0 Å². The highest BCUT2D eigenvalue weighted by Crippen LogP contribution is 1.91. The fraction of sp³-hybridized carbons (Fsp3) is 1.00. The molecule has 0 heterocycles. The maximum Gasteiger partial charge on any atom is 0.167 e. The second-order valence-corrected chi connectivity index (χ2v) is 2.31. The Balaban J connectivity index is 3.43. The SMILES string of the molecule is COC(CS(=O)[O-])OC. The van der Waals surface area contributed by atoms with E-state index in [2.05, 4.69) is 9.47 Å². The van der Waals surface area contributed by atoms with Gasteiger partial charge in [-0.25, -0.2) is 0 Å². The molecule has 1 unspecified atom stereocenters. The normalized spacial score (nSPS) is 14.2. The van der Waals surface area contributed by atoms with Crippen LogP contribution < -0.4 is 0 Å². The van der Waals surface area contributed by atoms with Crippen molar-refractivity contribution < 1.29 is 18.2 Å². The molecule has 0 radical (unpaired) electrons. The molecule has 1 atom stereocenters. The molecule has 56 valence electrons. The van der Waals surface area contributed by atoms with Gasteiger partial charge < -0.3 is 14.0 Å². The fourth-order valence-corrected chi connectivity index (χ4v) is 0.838. The Labute approximate surface area is 56.4 Å². The largest absolute Gasteiger partial charge is 0.772 e. The Morgan fingerprint density at radius 1 is 1.56 bits per heavy atom. The Morgan fingerprint density at radius 3 is 2.11 bits per heavy atom. The first kappa shape index (κ1) is 9.03. The summed E-state index contributed by atoms with van der Waals surface area (Å²) in [5, 5.41) is 0. The Bertz CT molecular complexity index is 90.6. The number of methoxy groups -OCH3 is 2. The maximum atomic E-state index is 9.97. The second kappa shape index (κ2) is 4.87. The Kier molecular flexibility index (Phi) is 4.88. The van der Waals surface area contributed by atoms with Crippen LogP contribution in [0.3, 0.4) is 0 Å². The summed E-state index contributed by atoms with van der Waals surface area (Å²) in [5.74, 6) is -0.118. The molecule has 0 rings (SSSR count). The average molecular weight is 153 g/mol. The quantitative estimate of drug-likeness (QED) is 0.403. The molecule has 0 aromatic rings. The molecule has 0 spiro atoms. The molecule has 0 aromatic carbocycles. The summed E-state index contributed by atoms with van der Waals surface area (Å²) in [6.07, 6.45) is -0.636. The molecule has 5 heteroatoms. The van der Waals surface area contributed by atoms with Crippen LogP contribution in [0, 0.1) is 0 Å². The smallest absolute Gasteiger partial charge is 0.167 e. The molecule has 0 fully saturated rings. The van der Waals surface area contributed by atoms with Gasteiger partial charge in [-0.05, 0) is 0 Å². The predicted octanol–water partition coefficient (Wildman–Crippen LogP) is -0.516. The van der Waals surface area contributed by atoms with Gasteiger partial charge in [-0.3, -0.25) is 4.21 Å². The van der Waals surface area contributed by atoms with E-state index in [1.165, 1.54) is 14.2 Å². The minimum Gasteiger partial charge on any atom is -0.772 e. The highest BCUT2D eigenvalue weighted by atomic mass is 32.2. The van der Waals surface area contributed by atoms with E-state index in [0.717, 1.165) is 0 Å². The topological polar surface area (TPSA) is 58.6 Å². The molecule has 0 saturated heterocycles. The van der Waals surface area contributed by atoms with E-state index in [1.807, 2.05) is 0 Å². The van der Waals surface area contributed by atoms with E-state index in [4.69, 9.17) is 0 Å². The summed E-state index contributed by atoms with van der Waals surface area (Å²) >= 11 is -2.10. The lowest BCUT2D eigenvalue weighted by Gasteiger charge is -2.13. The van der Waals surface area contributed by atoms with Crippen LogP contribution in [0.1, 0.15) is 0 Å². The molecule has 0 aliphatic carbocycles. The van der Waals surface area contributed by atoms with Gasteiger partial charge in [-0.2, -0.15) is 0 Å². The van der Waals surface area contributed by atoms with Crippen molar-refractivity contribution in [1.82, 2.24) is 0 Å². The van der Waals surface area contributed by atoms with Crippen molar-refractivity contribution in [1.29, 1.82) is 0 Å². The van der Waals surface area contributed by atoms with Gasteiger partial charge in [0.05, 0.1) is 5.75 Å². The van der Waals surface area contributed by atoms with Gasteiger partial charge in [0.2, 0.25) is 0 Å². The molecular formula is C4H9O4S-. The molecule has 9 heavy (non-hydrogen) atoms. The average Bonchev–Trinajstić information content (AvgIpc) is 1.82. The van der Waals surface area contributed by atoms with Crippen molar-refractivity contribution >= 4 is 11.1 Å². The summed E-state index contributed by atoms with van der Waals surface area (Å²) in [5.41, 5.74) is 0. The van der Waals surface area contributed by atoms with Crippen molar-refractivity contribution in [3.05, 3.63) is 0 Å². The minimum absolute atomic E-state index is 0.118. The summed E-state index contributed by atoms with van der Waals surface area (Å²) in [6.45, 7) is 0. The van der Waals surface area contributed by atoms with Crippen LogP contribution in [0.15, 0.2) is 0 Å². The zero-order valence-corrected chi connectivity index (χ0v) is 6.14. The van der Waals surface area contributed by atoms with Crippen LogP contribution in [0.5, 0.6) is 0 Å². The van der Waals surface area contributed by atoms with Crippen LogP contribution >= 0.6 is 0 Å². The molecule has 0 aliphatic heterocycles. The molecule has 0 bridgehead atoms. The van der Waals surface area contributed by atoms with Crippen LogP contribution in [-0.2, 0) is 20.6 Å². The molecule has 0 amide bonds. The minimum atomic E-state index is -2.10. The van der Waals surface area contributed by atoms with Gasteiger partial charge in [0.25, 0.3) is 0 Å². The van der Waals surface area contributed by atoms with Crippen molar-refractivity contribution in [2.45, 2.75) is 6.29 Å². The predicted molar refractivity (Wildman–Crippen MR) is 31.6 cm³/mol. The molecular weight excluding hydrogens is 144 g/mol. The number of hydrogen-bond acceptors (Lipinski definition) is 4. The lowest BCUT2D eigenvalue weighted by molar-refractivity contribution is -0.0853. The number of ether oxygens (including phenoxy) is 2. The maximum absolute atomic E-state index is 9.97. The second-order valence-electron chi connectivity index (χ2n) is 1.37.